The third-order valence-corrected chi connectivity index (χ3v) is 2.60. The second-order valence-corrected chi connectivity index (χ2v) is 3.66. The molecule has 2 aromatic carbocycles. The Morgan fingerprint density at radius 1 is 1.00 bits per heavy atom. The van der Waals surface area contributed by atoms with Crippen LogP contribution >= 0.6 is 0 Å². The van der Waals surface area contributed by atoms with E-state index >= 15 is 0 Å². The maximum atomic E-state index is 13.2. The number of methoxy groups -OCH3 is 1. The van der Waals surface area contributed by atoms with E-state index in [1.165, 1.54) is 12.1 Å². The normalized spacial score (nSPS) is 10.2. The molecule has 2 rings (SSSR count). The van der Waals surface area contributed by atoms with Gasteiger partial charge in [-0.3, -0.25) is 0 Å². The molecule has 0 aromatic heterocycles. The van der Waals surface area contributed by atoms with Crippen molar-refractivity contribution in [3.05, 3.63) is 53.8 Å². The van der Waals surface area contributed by atoms with Gasteiger partial charge in [0.2, 0.25) is 0 Å². The van der Waals surface area contributed by atoms with Gasteiger partial charge in [-0.15, -0.1) is 0 Å². The molecule has 0 heterocycles. The van der Waals surface area contributed by atoms with Crippen LogP contribution in [-0.4, -0.2) is 7.11 Å². The first-order valence-electron chi connectivity index (χ1n) is 5.12. The van der Waals surface area contributed by atoms with E-state index in [1.54, 1.807) is 13.2 Å². The first-order valence-corrected chi connectivity index (χ1v) is 5.12. The topological polar surface area (TPSA) is 9.23 Å². The monoisotopic (exact) mass is 216 g/mol. The predicted molar refractivity (Wildman–Crippen MR) is 63.1 cm³/mol. The molecular formula is C14H13FO. The van der Waals surface area contributed by atoms with Crippen molar-refractivity contribution in [2.75, 3.05) is 7.11 Å². The zero-order valence-electron chi connectivity index (χ0n) is 9.33. The van der Waals surface area contributed by atoms with Gasteiger partial charge in [0.15, 0.2) is 0 Å². The van der Waals surface area contributed by atoms with E-state index in [-0.39, 0.29) is 5.82 Å². The summed E-state index contributed by atoms with van der Waals surface area (Å²) >= 11 is 0. The fourth-order valence-electron chi connectivity index (χ4n) is 1.75. The number of halogens is 1. The smallest absolute Gasteiger partial charge is 0.126 e. The summed E-state index contributed by atoms with van der Waals surface area (Å²) in [6.45, 7) is 1.96. The highest BCUT2D eigenvalue weighted by Crippen LogP contribution is 2.32. The molecule has 0 saturated heterocycles. The Hall–Kier alpha value is -1.83. The fourth-order valence-corrected chi connectivity index (χ4v) is 1.75. The van der Waals surface area contributed by atoms with E-state index in [4.69, 9.17) is 4.74 Å². The molecule has 0 aliphatic heterocycles. The molecule has 0 N–H and O–H groups in total. The molecule has 2 aromatic rings. The summed E-state index contributed by atoms with van der Waals surface area (Å²) in [5.74, 6) is 0.530. The van der Waals surface area contributed by atoms with Crippen molar-refractivity contribution < 1.29 is 9.13 Å². The van der Waals surface area contributed by atoms with E-state index in [9.17, 15) is 4.39 Å². The number of rotatable bonds is 2. The first-order chi connectivity index (χ1) is 7.72. The lowest BCUT2D eigenvalue weighted by atomic mass is 10.00. The van der Waals surface area contributed by atoms with Crippen LogP contribution in [-0.2, 0) is 0 Å². The Bertz CT molecular complexity index is 506. The summed E-state index contributed by atoms with van der Waals surface area (Å²) < 4.78 is 18.5. The van der Waals surface area contributed by atoms with Gasteiger partial charge >= 0.3 is 0 Å². The van der Waals surface area contributed by atoms with Gasteiger partial charge in [-0.25, -0.2) is 4.39 Å². The van der Waals surface area contributed by atoms with Crippen molar-refractivity contribution in [1.29, 1.82) is 0 Å². The van der Waals surface area contributed by atoms with Crippen molar-refractivity contribution in [1.82, 2.24) is 0 Å². The van der Waals surface area contributed by atoms with Crippen molar-refractivity contribution in [3.63, 3.8) is 0 Å². The van der Waals surface area contributed by atoms with E-state index in [2.05, 4.69) is 0 Å². The van der Waals surface area contributed by atoms with Gasteiger partial charge in [0, 0.05) is 5.56 Å². The summed E-state index contributed by atoms with van der Waals surface area (Å²) in [6.07, 6.45) is 0. The second-order valence-electron chi connectivity index (χ2n) is 3.66. The number of ether oxygens (including phenoxy) is 1. The highest BCUT2D eigenvalue weighted by molar-refractivity contribution is 5.73. The molecule has 82 valence electrons. The third kappa shape index (κ3) is 1.91. The SMILES string of the molecule is COc1ccccc1-c1cc(F)ccc1C. The molecule has 0 spiro atoms. The molecule has 0 saturated carbocycles. The van der Waals surface area contributed by atoms with Crippen LogP contribution in [0.25, 0.3) is 11.1 Å². The minimum absolute atomic E-state index is 0.230. The summed E-state index contributed by atoms with van der Waals surface area (Å²) in [7, 11) is 1.62. The van der Waals surface area contributed by atoms with Crippen molar-refractivity contribution >= 4 is 0 Å². The van der Waals surface area contributed by atoms with Crippen LogP contribution in [0, 0.1) is 12.7 Å². The quantitative estimate of drug-likeness (QED) is 0.741. The zero-order chi connectivity index (χ0) is 11.5. The minimum Gasteiger partial charge on any atom is -0.496 e. The molecular weight excluding hydrogens is 203 g/mol. The molecule has 1 nitrogen and oxygen atoms in total. The highest BCUT2D eigenvalue weighted by Gasteiger charge is 2.08. The third-order valence-electron chi connectivity index (χ3n) is 2.60. The van der Waals surface area contributed by atoms with E-state index < -0.39 is 0 Å². The van der Waals surface area contributed by atoms with Crippen molar-refractivity contribution in [2.45, 2.75) is 6.92 Å². The summed E-state index contributed by atoms with van der Waals surface area (Å²) in [4.78, 5) is 0. The van der Waals surface area contributed by atoms with Gasteiger partial charge in [-0.1, -0.05) is 24.3 Å². The van der Waals surface area contributed by atoms with E-state index in [0.29, 0.717) is 0 Å². The average Bonchev–Trinajstić information content (AvgIpc) is 2.32. The lowest BCUT2D eigenvalue weighted by Crippen LogP contribution is -1.90. The Labute approximate surface area is 94.5 Å². The molecule has 0 amide bonds. The van der Waals surface area contributed by atoms with Gasteiger partial charge in [0.25, 0.3) is 0 Å². The highest BCUT2D eigenvalue weighted by atomic mass is 19.1. The second kappa shape index (κ2) is 4.35. The van der Waals surface area contributed by atoms with E-state index in [0.717, 1.165) is 22.4 Å². The molecule has 0 aliphatic rings. The fraction of sp³-hybridized carbons (Fsp3) is 0.143. The van der Waals surface area contributed by atoms with Crippen LogP contribution in [0.1, 0.15) is 5.56 Å². The molecule has 16 heavy (non-hydrogen) atoms. The Kier molecular flexibility index (Phi) is 2.91. The Morgan fingerprint density at radius 2 is 1.75 bits per heavy atom. The van der Waals surface area contributed by atoms with Gasteiger partial charge in [-0.05, 0) is 36.2 Å². The number of benzene rings is 2. The predicted octanol–water partition coefficient (Wildman–Crippen LogP) is 3.81. The van der Waals surface area contributed by atoms with Gasteiger partial charge in [0.1, 0.15) is 11.6 Å². The lowest BCUT2D eigenvalue weighted by Gasteiger charge is -2.10. The maximum Gasteiger partial charge on any atom is 0.126 e. The Morgan fingerprint density at radius 3 is 2.50 bits per heavy atom. The van der Waals surface area contributed by atoms with Crippen LogP contribution in [0.3, 0.4) is 0 Å². The summed E-state index contributed by atoms with van der Waals surface area (Å²) in [5.41, 5.74) is 2.82. The standard InChI is InChI=1S/C14H13FO/c1-10-7-8-11(15)9-13(10)12-5-3-4-6-14(12)16-2/h3-9H,1-2H3. The van der Waals surface area contributed by atoms with Crippen molar-refractivity contribution in [2.24, 2.45) is 0 Å². The number of hydrogen-bond donors (Lipinski definition) is 0. The molecule has 0 fully saturated rings. The van der Waals surface area contributed by atoms with Crippen LogP contribution in [0.15, 0.2) is 42.5 Å². The molecule has 2 heteroatoms. The average molecular weight is 216 g/mol. The first kappa shape index (κ1) is 10.7. The summed E-state index contributed by atoms with van der Waals surface area (Å²) in [6, 6.07) is 12.4. The van der Waals surface area contributed by atoms with Crippen molar-refractivity contribution in [3.8, 4) is 16.9 Å². The van der Waals surface area contributed by atoms with Gasteiger partial charge < -0.3 is 4.74 Å². The lowest BCUT2D eigenvalue weighted by molar-refractivity contribution is 0.416. The minimum atomic E-state index is -0.230. The Balaban J connectivity index is 2.62. The molecule has 0 unspecified atom stereocenters. The van der Waals surface area contributed by atoms with E-state index in [1.807, 2.05) is 31.2 Å². The number of hydrogen-bond acceptors (Lipinski definition) is 1. The zero-order valence-corrected chi connectivity index (χ0v) is 9.33. The van der Waals surface area contributed by atoms with Crippen LogP contribution in [0.2, 0.25) is 0 Å². The maximum absolute atomic E-state index is 13.2. The number of aryl methyl sites for hydroxylation is 1. The van der Waals surface area contributed by atoms with Crippen LogP contribution < -0.4 is 4.74 Å². The van der Waals surface area contributed by atoms with Gasteiger partial charge in [-0.2, -0.15) is 0 Å². The molecule has 0 atom stereocenters. The number of para-hydroxylation sites is 1. The van der Waals surface area contributed by atoms with Crippen LogP contribution in [0.4, 0.5) is 4.39 Å². The molecule has 0 bridgehead atoms. The molecule has 0 radical (unpaired) electrons. The molecule has 0 aliphatic carbocycles. The van der Waals surface area contributed by atoms with Gasteiger partial charge in [0.05, 0.1) is 7.11 Å². The van der Waals surface area contributed by atoms with Crippen LogP contribution in [0.5, 0.6) is 5.75 Å². The summed E-state index contributed by atoms with van der Waals surface area (Å²) in [5, 5.41) is 0. The largest absolute Gasteiger partial charge is 0.496 e.